The number of aliphatic carboxylic acids is 1. The molecule has 17 heavy (non-hydrogen) atoms. The summed E-state index contributed by atoms with van der Waals surface area (Å²) < 4.78 is 0. The van der Waals surface area contributed by atoms with Gasteiger partial charge in [-0.1, -0.05) is 13.8 Å². The first-order chi connectivity index (χ1) is 7.67. The summed E-state index contributed by atoms with van der Waals surface area (Å²) in [5, 5.41) is 14.2. The van der Waals surface area contributed by atoms with E-state index in [0.717, 1.165) is 0 Å². The Morgan fingerprint density at radius 1 is 1.24 bits per heavy atom. The van der Waals surface area contributed by atoms with Crippen molar-refractivity contribution in [3.63, 3.8) is 0 Å². The van der Waals surface area contributed by atoms with E-state index < -0.39 is 34.3 Å². The van der Waals surface area contributed by atoms with Crippen LogP contribution in [0.25, 0.3) is 0 Å². The van der Waals surface area contributed by atoms with E-state index in [4.69, 9.17) is 0 Å². The largest absolute Gasteiger partial charge is 0.481 e. The fraction of sp³-hybridized carbons (Fsp3) is 0.727. The SMILES string of the molecule is CC1(C)[C@](C)(C(=O)O)CC[C@]12NC(=O)NC2=O. The molecule has 1 spiro atoms. The Kier molecular flexibility index (Phi) is 2.09. The summed E-state index contributed by atoms with van der Waals surface area (Å²) in [7, 11) is 0. The highest BCUT2D eigenvalue weighted by molar-refractivity contribution is 6.08. The maximum absolute atomic E-state index is 11.9. The predicted molar refractivity (Wildman–Crippen MR) is 58.2 cm³/mol. The Labute approximate surface area is 98.8 Å². The summed E-state index contributed by atoms with van der Waals surface area (Å²) in [6.07, 6.45) is 0.712. The molecule has 2 fully saturated rings. The molecule has 2 atom stereocenters. The topological polar surface area (TPSA) is 95.5 Å². The number of carbonyl (C=O) groups excluding carboxylic acids is 2. The maximum Gasteiger partial charge on any atom is 0.322 e. The van der Waals surface area contributed by atoms with Crippen LogP contribution in [0.5, 0.6) is 0 Å². The summed E-state index contributed by atoms with van der Waals surface area (Å²) >= 11 is 0. The highest BCUT2D eigenvalue weighted by atomic mass is 16.4. The molecule has 94 valence electrons. The molecule has 3 amide bonds. The molecule has 1 saturated heterocycles. The molecule has 1 saturated carbocycles. The lowest BCUT2D eigenvalue weighted by Crippen LogP contribution is -2.59. The van der Waals surface area contributed by atoms with Crippen molar-refractivity contribution in [2.75, 3.05) is 0 Å². The van der Waals surface area contributed by atoms with Crippen LogP contribution in [0, 0.1) is 10.8 Å². The molecule has 0 aromatic carbocycles. The Balaban J connectivity index is 2.52. The van der Waals surface area contributed by atoms with Crippen molar-refractivity contribution in [2.45, 2.75) is 39.2 Å². The summed E-state index contributed by atoms with van der Waals surface area (Å²) in [4.78, 5) is 34.7. The zero-order valence-corrected chi connectivity index (χ0v) is 10.1. The Morgan fingerprint density at radius 2 is 1.82 bits per heavy atom. The van der Waals surface area contributed by atoms with E-state index >= 15 is 0 Å². The number of hydrogen-bond donors (Lipinski definition) is 3. The number of nitrogens with one attached hydrogen (secondary N) is 2. The highest BCUT2D eigenvalue weighted by Crippen LogP contribution is 2.58. The first-order valence-corrected chi connectivity index (χ1v) is 5.54. The summed E-state index contributed by atoms with van der Waals surface area (Å²) in [6.45, 7) is 5.07. The second-order valence-electron chi connectivity index (χ2n) is 5.58. The van der Waals surface area contributed by atoms with Crippen molar-refractivity contribution in [1.29, 1.82) is 0 Å². The van der Waals surface area contributed by atoms with E-state index in [0.29, 0.717) is 12.8 Å². The quantitative estimate of drug-likeness (QED) is 0.581. The zero-order chi connectivity index (χ0) is 13.1. The van der Waals surface area contributed by atoms with Gasteiger partial charge in [0.15, 0.2) is 0 Å². The van der Waals surface area contributed by atoms with Gasteiger partial charge in [-0.3, -0.25) is 14.9 Å². The van der Waals surface area contributed by atoms with E-state index in [2.05, 4.69) is 10.6 Å². The number of rotatable bonds is 1. The van der Waals surface area contributed by atoms with Crippen LogP contribution in [-0.4, -0.2) is 28.6 Å². The normalized spacial score (nSPS) is 39.2. The first-order valence-electron chi connectivity index (χ1n) is 5.54. The van der Waals surface area contributed by atoms with Gasteiger partial charge in [0.2, 0.25) is 0 Å². The van der Waals surface area contributed by atoms with Crippen molar-refractivity contribution in [3.05, 3.63) is 0 Å². The van der Waals surface area contributed by atoms with Crippen molar-refractivity contribution >= 4 is 17.9 Å². The van der Waals surface area contributed by atoms with Gasteiger partial charge in [0.05, 0.1) is 5.41 Å². The molecule has 0 radical (unpaired) electrons. The molecule has 0 unspecified atom stereocenters. The molecule has 1 aliphatic carbocycles. The molecule has 0 aromatic heterocycles. The number of imide groups is 1. The minimum Gasteiger partial charge on any atom is -0.481 e. The van der Waals surface area contributed by atoms with Gasteiger partial charge in [-0.05, 0) is 19.8 Å². The molecule has 1 heterocycles. The summed E-state index contributed by atoms with van der Waals surface area (Å²) in [5.41, 5.74) is -2.97. The minimum absolute atomic E-state index is 0.348. The average Bonchev–Trinajstić information content (AvgIpc) is 2.59. The van der Waals surface area contributed by atoms with Crippen LogP contribution in [-0.2, 0) is 9.59 Å². The molecule has 0 bridgehead atoms. The third-order valence-corrected chi connectivity index (χ3v) is 4.86. The van der Waals surface area contributed by atoms with Gasteiger partial charge in [0, 0.05) is 5.41 Å². The van der Waals surface area contributed by atoms with Gasteiger partial charge in [-0.15, -0.1) is 0 Å². The smallest absolute Gasteiger partial charge is 0.322 e. The average molecular weight is 240 g/mol. The van der Waals surface area contributed by atoms with Gasteiger partial charge in [0.25, 0.3) is 5.91 Å². The number of carboxylic acid groups (broad SMARTS) is 1. The molecule has 2 aliphatic rings. The lowest BCUT2D eigenvalue weighted by Gasteiger charge is -2.42. The van der Waals surface area contributed by atoms with E-state index in [1.165, 1.54) is 0 Å². The predicted octanol–water partition coefficient (Wildman–Crippen LogP) is 0.476. The van der Waals surface area contributed by atoms with Gasteiger partial charge < -0.3 is 10.4 Å². The number of amides is 3. The monoisotopic (exact) mass is 240 g/mol. The van der Waals surface area contributed by atoms with Crippen molar-refractivity contribution < 1.29 is 19.5 Å². The molecular weight excluding hydrogens is 224 g/mol. The van der Waals surface area contributed by atoms with Crippen LogP contribution >= 0.6 is 0 Å². The molecule has 3 N–H and O–H groups in total. The van der Waals surface area contributed by atoms with Crippen LogP contribution in [0.15, 0.2) is 0 Å². The Morgan fingerprint density at radius 3 is 2.18 bits per heavy atom. The number of carbonyl (C=O) groups is 3. The molecular formula is C11H16N2O4. The Bertz CT molecular complexity index is 431. The molecule has 1 aliphatic heterocycles. The molecule has 0 aromatic rings. The minimum atomic E-state index is -1.10. The third kappa shape index (κ3) is 1.13. The standard InChI is InChI=1S/C11H16N2O4/c1-9(2)10(3,7(15)16)4-5-11(9)6(14)12-8(17)13-11/h4-5H2,1-3H3,(H,15,16)(H2,12,13,14,17)/t10-,11+/m0/s1. The molecule has 6 heteroatoms. The number of carboxylic acids is 1. The van der Waals surface area contributed by atoms with Gasteiger partial charge in [0.1, 0.15) is 5.54 Å². The number of hydrogen-bond acceptors (Lipinski definition) is 3. The number of urea groups is 1. The summed E-state index contributed by atoms with van der Waals surface area (Å²) in [6, 6.07) is -0.544. The second kappa shape index (κ2) is 3.00. The van der Waals surface area contributed by atoms with E-state index in [1.807, 2.05) is 0 Å². The van der Waals surface area contributed by atoms with Crippen molar-refractivity contribution in [2.24, 2.45) is 10.8 Å². The molecule has 2 rings (SSSR count). The molecule has 6 nitrogen and oxygen atoms in total. The Hall–Kier alpha value is -1.59. The van der Waals surface area contributed by atoms with Crippen LogP contribution in [0.3, 0.4) is 0 Å². The fourth-order valence-corrected chi connectivity index (χ4v) is 3.02. The van der Waals surface area contributed by atoms with Crippen LogP contribution in [0.4, 0.5) is 4.79 Å². The van der Waals surface area contributed by atoms with Crippen LogP contribution in [0.1, 0.15) is 33.6 Å². The van der Waals surface area contributed by atoms with E-state index in [-0.39, 0.29) is 0 Å². The van der Waals surface area contributed by atoms with Gasteiger partial charge in [-0.2, -0.15) is 0 Å². The lowest BCUT2D eigenvalue weighted by molar-refractivity contribution is -0.155. The van der Waals surface area contributed by atoms with Gasteiger partial charge in [-0.25, -0.2) is 4.79 Å². The first kappa shape index (κ1) is 11.9. The van der Waals surface area contributed by atoms with Crippen molar-refractivity contribution in [1.82, 2.24) is 10.6 Å². The third-order valence-electron chi connectivity index (χ3n) is 4.86. The van der Waals surface area contributed by atoms with Crippen LogP contribution < -0.4 is 10.6 Å². The maximum atomic E-state index is 11.9. The van der Waals surface area contributed by atoms with Crippen LogP contribution in [0.2, 0.25) is 0 Å². The van der Waals surface area contributed by atoms with Gasteiger partial charge >= 0.3 is 12.0 Å². The van der Waals surface area contributed by atoms with Crippen molar-refractivity contribution in [3.8, 4) is 0 Å². The fourth-order valence-electron chi connectivity index (χ4n) is 3.02. The highest BCUT2D eigenvalue weighted by Gasteiger charge is 2.69. The van der Waals surface area contributed by atoms with E-state index in [9.17, 15) is 19.5 Å². The van der Waals surface area contributed by atoms with E-state index in [1.54, 1.807) is 20.8 Å². The zero-order valence-electron chi connectivity index (χ0n) is 10.1. The summed E-state index contributed by atoms with van der Waals surface area (Å²) in [5.74, 6) is -1.36. The second-order valence-corrected chi connectivity index (χ2v) is 5.58. The lowest BCUT2D eigenvalue weighted by atomic mass is 9.62.